The van der Waals surface area contributed by atoms with Crippen molar-refractivity contribution in [1.82, 2.24) is 15.1 Å². The summed E-state index contributed by atoms with van der Waals surface area (Å²) in [5, 5.41) is 3.28. The topological polar surface area (TPSA) is 71.1 Å². The van der Waals surface area contributed by atoms with Gasteiger partial charge in [0.05, 0.1) is 19.3 Å². The Morgan fingerprint density at radius 1 is 1.29 bits per heavy atom. The molecule has 2 amide bonds. The molecule has 1 aromatic rings. The van der Waals surface area contributed by atoms with Crippen LogP contribution in [-0.2, 0) is 20.9 Å². The SMILES string of the molecule is Cc1ccccc1COC1CN(C(=O)CN2CC3(CCNCC3)OC2=O)C1.Cl. The maximum Gasteiger partial charge on any atom is 0.410 e. The summed E-state index contributed by atoms with van der Waals surface area (Å²) in [6, 6.07) is 8.15. The van der Waals surface area contributed by atoms with E-state index in [1.54, 1.807) is 9.80 Å². The van der Waals surface area contributed by atoms with Crippen LogP contribution in [0.3, 0.4) is 0 Å². The third kappa shape index (κ3) is 4.42. The summed E-state index contributed by atoms with van der Waals surface area (Å²) in [6.45, 7) is 6.11. The van der Waals surface area contributed by atoms with Gasteiger partial charge in [0.25, 0.3) is 0 Å². The van der Waals surface area contributed by atoms with Crippen LogP contribution in [0.5, 0.6) is 0 Å². The van der Waals surface area contributed by atoms with E-state index in [0.717, 1.165) is 25.9 Å². The first-order valence-corrected chi connectivity index (χ1v) is 9.67. The molecule has 0 atom stereocenters. The number of nitrogens with one attached hydrogen (secondary N) is 1. The standard InChI is InChI=1S/C20H27N3O4.ClH/c1-15-4-2-3-5-16(15)13-26-17-10-22(11-17)18(24)12-23-14-20(27-19(23)25)6-8-21-9-7-20;/h2-5,17,21H,6-14H2,1H3;1H. The normalized spacial score (nSPS) is 21.2. The Labute approximate surface area is 171 Å². The number of nitrogens with zero attached hydrogens (tertiary/aromatic N) is 2. The second kappa shape index (κ2) is 8.68. The van der Waals surface area contributed by atoms with E-state index in [2.05, 4.69) is 24.4 Å². The minimum Gasteiger partial charge on any atom is -0.441 e. The van der Waals surface area contributed by atoms with Crippen LogP contribution in [0.4, 0.5) is 4.79 Å². The lowest BCUT2D eigenvalue weighted by molar-refractivity contribution is -0.146. The molecule has 0 aromatic heterocycles. The van der Waals surface area contributed by atoms with E-state index in [1.165, 1.54) is 11.1 Å². The van der Waals surface area contributed by atoms with Crippen LogP contribution in [0, 0.1) is 6.92 Å². The lowest BCUT2D eigenvalue weighted by atomic mass is 9.92. The Hall–Kier alpha value is -1.83. The number of carbonyl (C=O) groups is 2. The summed E-state index contributed by atoms with van der Waals surface area (Å²) in [6.07, 6.45) is 1.32. The number of hydrogen-bond donors (Lipinski definition) is 1. The van der Waals surface area contributed by atoms with Crippen LogP contribution in [0.2, 0.25) is 0 Å². The van der Waals surface area contributed by atoms with Crippen molar-refractivity contribution < 1.29 is 19.1 Å². The van der Waals surface area contributed by atoms with Gasteiger partial charge >= 0.3 is 6.09 Å². The van der Waals surface area contributed by atoms with E-state index in [4.69, 9.17) is 9.47 Å². The zero-order valence-corrected chi connectivity index (χ0v) is 17.0. The zero-order chi connectivity index (χ0) is 18.9. The van der Waals surface area contributed by atoms with Crippen molar-refractivity contribution in [3.8, 4) is 0 Å². The highest BCUT2D eigenvalue weighted by Crippen LogP contribution is 2.31. The second-order valence-electron chi connectivity index (χ2n) is 7.82. The van der Waals surface area contributed by atoms with Gasteiger partial charge in [-0.05, 0) is 31.1 Å². The zero-order valence-electron chi connectivity index (χ0n) is 16.2. The molecule has 0 radical (unpaired) electrons. The Morgan fingerprint density at radius 3 is 2.71 bits per heavy atom. The Bertz CT molecular complexity index is 717. The van der Waals surface area contributed by atoms with Gasteiger partial charge in [0, 0.05) is 25.9 Å². The predicted molar refractivity (Wildman–Crippen MR) is 106 cm³/mol. The lowest BCUT2D eigenvalue weighted by Gasteiger charge is -2.39. The Balaban J connectivity index is 0.00000225. The number of benzene rings is 1. The number of aryl methyl sites for hydroxylation is 1. The highest BCUT2D eigenvalue weighted by Gasteiger charge is 2.46. The van der Waals surface area contributed by atoms with E-state index in [-0.39, 0.29) is 37.1 Å². The van der Waals surface area contributed by atoms with E-state index >= 15 is 0 Å². The van der Waals surface area contributed by atoms with Crippen molar-refractivity contribution in [1.29, 1.82) is 0 Å². The van der Waals surface area contributed by atoms with Gasteiger partial charge in [-0.3, -0.25) is 9.69 Å². The number of carbonyl (C=O) groups excluding carboxylic acids is 2. The average molecular weight is 410 g/mol. The van der Waals surface area contributed by atoms with Crippen LogP contribution in [-0.4, -0.2) is 72.8 Å². The minimum atomic E-state index is -0.406. The molecule has 1 spiro atoms. The van der Waals surface area contributed by atoms with Crippen LogP contribution < -0.4 is 5.32 Å². The first-order chi connectivity index (χ1) is 13.0. The van der Waals surface area contributed by atoms with Crippen LogP contribution in [0.1, 0.15) is 24.0 Å². The lowest BCUT2D eigenvalue weighted by Crippen LogP contribution is -2.57. The molecule has 0 unspecified atom stereocenters. The molecule has 3 saturated heterocycles. The van der Waals surface area contributed by atoms with Crippen LogP contribution in [0.25, 0.3) is 0 Å². The summed E-state index contributed by atoms with van der Waals surface area (Å²) in [4.78, 5) is 27.9. The molecule has 3 fully saturated rings. The largest absolute Gasteiger partial charge is 0.441 e. The maximum absolute atomic E-state index is 12.5. The fourth-order valence-electron chi connectivity index (χ4n) is 3.95. The number of likely N-dealkylation sites (tertiary alicyclic amines) is 1. The van der Waals surface area contributed by atoms with Gasteiger partial charge in [-0.2, -0.15) is 0 Å². The average Bonchev–Trinajstić information content (AvgIpc) is 2.90. The van der Waals surface area contributed by atoms with E-state index in [9.17, 15) is 9.59 Å². The van der Waals surface area contributed by atoms with Crippen molar-refractivity contribution >= 4 is 24.4 Å². The van der Waals surface area contributed by atoms with Gasteiger partial charge in [0.15, 0.2) is 0 Å². The van der Waals surface area contributed by atoms with E-state index in [0.29, 0.717) is 26.2 Å². The Morgan fingerprint density at radius 2 is 2.00 bits per heavy atom. The minimum absolute atomic E-state index is 0. The van der Waals surface area contributed by atoms with Gasteiger partial charge in [0.1, 0.15) is 12.1 Å². The molecule has 4 rings (SSSR count). The smallest absolute Gasteiger partial charge is 0.410 e. The summed E-state index contributed by atoms with van der Waals surface area (Å²) in [5.41, 5.74) is 1.98. The number of hydrogen-bond acceptors (Lipinski definition) is 5. The molecule has 3 heterocycles. The first kappa shape index (κ1) is 20.9. The molecule has 3 aliphatic heterocycles. The third-order valence-electron chi connectivity index (χ3n) is 5.82. The summed E-state index contributed by atoms with van der Waals surface area (Å²) >= 11 is 0. The van der Waals surface area contributed by atoms with Crippen molar-refractivity contribution in [2.24, 2.45) is 0 Å². The molecular formula is C20H28ClN3O4. The van der Waals surface area contributed by atoms with E-state index < -0.39 is 5.60 Å². The van der Waals surface area contributed by atoms with Gasteiger partial charge in [-0.1, -0.05) is 24.3 Å². The molecule has 0 aliphatic carbocycles. The monoisotopic (exact) mass is 409 g/mol. The first-order valence-electron chi connectivity index (χ1n) is 9.67. The van der Waals surface area contributed by atoms with Gasteiger partial charge in [-0.25, -0.2) is 4.79 Å². The summed E-state index contributed by atoms with van der Waals surface area (Å²) in [7, 11) is 0. The maximum atomic E-state index is 12.5. The molecular weight excluding hydrogens is 382 g/mol. The third-order valence-corrected chi connectivity index (χ3v) is 5.82. The molecule has 3 aliphatic rings. The molecule has 0 saturated carbocycles. The number of piperidine rings is 1. The Kier molecular flexibility index (Phi) is 6.47. The van der Waals surface area contributed by atoms with Crippen LogP contribution in [0.15, 0.2) is 24.3 Å². The second-order valence-corrected chi connectivity index (χ2v) is 7.82. The molecule has 28 heavy (non-hydrogen) atoms. The van der Waals surface area contributed by atoms with Gasteiger partial charge in [-0.15, -0.1) is 12.4 Å². The highest BCUT2D eigenvalue weighted by atomic mass is 35.5. The highest BCUT2D eigenvalue weighted by molar-refractivity contribution is 5.85. The van der Waals surface area contributed by atoms with E-state index in [1.807, 2.05) is 12.1 Å². The van der Waals surface area contributed by atoms with Crippen molar-refractivity contribution in [2.45, 2.75) is 38.1 Å². The molecule has 7 nitrogen and oxygen atoms in total. The molecule has 8 heteroatoms. The summed E-state index contributed by atoms with van der Waals surface area (Å²) in [5.74, 6) is -0.0336. The molecule has 1 N–H and O–H groups in total. The summed E-state index contributed by atoms with van der Waals surface area (Å²) < 4.78 is 11.5. The van der Waals surface area contributed by atoms with Crippen molar-refractivity contribution in [3.05, 3.63) is 35.4 Å². The number of halogens is 1. The quantitative estimate of drug-likeness (QED) is 0.801. The fourth-order valence-corrected chi connectivity index (χ4v) is 3.95. The number of rotatable bonds is 5. The molecule has 1 aromatic carbocycles. The predicted octanol–water partition coefficient (Wildman–Crippen LogP) is 1.72. The molecule has 0 bridgehead atoms. The molecule has 154 valence electrons. The van der Waals surface area contributed by atoms with Crippen LogP contribution >= 0.6 is 12.4 Å². The fraction of sp³-hybridized carbons (Fsp3) is 0.600. The number of ether oxygens (including phenoxy) is 2. The van der Waals surface area contributed by atoms with Crippen molar-refractivity contribution in [3.63, 3.8) is 0 Å². The van der Waals surface area contributed by atoms with Crippen molar-refractivity contribution in [2.75, 3.05) is 39.3 Å². The van der Waals surface area contributed by atoms with Gasteiger partial charge < -0.3 is 19.7 Å². The number of amides is 2. The van der Waals surface area contributed by atoms with Gasteiger partial charge in [0.2, 0.25) is 5.91 Å².